The Morgan fingerprint density at radius 3 is 2.95 bits per heavy atom. The van der Waals surface area contributed by atoms with Crippen LogP contribution in [0.5, 0.6) is 0 Å². The topological polar surface area (TPSA) is 87.8 Å². The van der Waals surface area contributed by atoms with Gasteiger partial charge in [-0.15, -0.1) is 0 Å². The van der Waals surface area contributed by atoms with Gasteiger partial charge in [0.2, 0.25) is 4.96 Å². The first-order chi connectivity index (χ1) is 10.0. The SMILES string of the molecule is CCc1nn2c(=O)cc(CN3CC(CC(=O)O)C3)nc2s1. The summed E-state index contributed by atoms with van der Waals surface area (Å²) >= 11 is 1.43. The molecule has 0 bridgehead atoms. The molecule has 1 aliphatic rings. The van der Waals surface area contributed by atoms with Crippen molar-refractivity contribution < 1.29 is 9.90 Å². The first kappa shape index (κ1) is 14.2. The number of aromatic nitrogens is 3. The summed E-state index contributed by atoms with van der Waals surface area (Å²) in [5.41, 5.74) is 0.564. The molecule has 1 fully saturated rings. The number of aliphatic carboxylic acids is 1. The summed E-state index contributed by atoms with van der Waals surface area (Å²) < 4.78 is 1.34. The van der Waals surface area contributed by atoms with Gasteiger partial charge < -0.3 is 5.11 Å². The standard InChI is InChI=1S/C13H16N4O3S/c1-2-10-15-17-11(18)4-9(14-13(17)21-10)7-16-5-8(6-16)3-12(19)20/h4,8H,2-3,5-7H2,1H3,(H,19,20). The molecule has 8 heteroatoms. The Bertz CT molecular complexity index is 733. The van der Waals surface area contributed by atoms with E-state index in [2.05, 4.69) is 15.0 Å². The smallest absolute Gasteiger partial charge is 0.303 e. The van der Waals surface area contributed by atoms with Crippen LogP contribution in [-0.2, 0) is 17.8 Å². The zero-order valence-electron chi connectivity index (χ0n) is 11.7. The summed E-state index contributed by atoms with van der Waals surface area (Å²) in [4.78, 5) is 29.8. The monoisotopic (exact) mass is 308 g/mol. The van der Waals surface area contributed by atoms with Gasteiger partial charge in [0.15, 0.2) is 0 Å². The van der Waals surface area contributed by atoms with Crippen LogP contribution in [0, 0.1) is 5.92 Å². The molecule has 1 aliphatic heterocycles. The number of carboxylic acids is 1. The second-order valence-corrected chi connectivity index (χ2v) is 6.33. The van der Waals surface area contributed by atoms with E-state index < -0.39 is 5.97 Å². The molecular weight excluding hydrogens is 292 g/mol. The van der Waals surface area contributed by atoms with Gasteiger partial charge in [-0.3, -0.25) is 14.5 Å². The second-order valence-electron chi connectivity index (χ2n) is 5.29. The molecule has 2 aromatic rings. The minimum atomic E-state index is -0.755. The molecule has 0 atom stereocenters. The summed E-state index contributed by atoms with van der Waals surface area (Å²) in [6.07, 6.45) is 0.992. The Kier molecular flexibility index (Phi) is 3.73. The normalized spacial score (nSPS) is 16.2. The summed E-state index contributed by atoms with van der Waals surface area (Å²) in [6.45, 7) is 4.07. The highest BCUT2D eigenvalue weighted by Gasteiger charge is 2.28. The van der Waals surface area contributed by atoms with Crippen molar-refractivity contribution in [2.75, 3.05) is 13.1 Å². The lowest BCUT2D eigenvalue weighted by atomic mass is 9.96. The van der Waals surface area contributed by atoms with Gasteiger partial charge >= 0.3 is 5.97 Å². The van der Waals surface area contributed by atoms with Gasteiger partial charge in [0.25, 0.3) is 5.56 Å². The van der Waals surface area contributed by atoms with Crippen molar-refractivity contribution in [1.29, 1.82) is 0 Å². The van der Waals surface area contributed by atoms with Crippen molar-refractivity contribution in [3.05, 3.63) is 27.1 Å². The van der Waals surface area contributed by atoms with E-state index in [1.165, 1.54) is 21.9 Å². The molecule has 0 unspecified atom stereocenters. The van der Waals surface area contributed by atoms with E-state index in [4.69, 9.17) is 5.11 Å². The van der Waals surface area contributed by atoms with Crippen molar-refractivity contribution in [2.24, 2.45) is 5.92 Å². The number of aryl methyl sites for hydroxylation is 1. The van der Waals surface area contributed by atoms with Crippen molar-refractivity contribution in [1.82, 2.24) is 19.5 Å². The Morgan fingerprint density at radius 1 is 1.52 bits per heavy atom. The lowest BCUT2D eigenvalue weighted by molar-refractivity contribution is -0.139. The predicted octanol–water partition coefficient (Wildman–Crippen LogP) is 0.620. The fourth-order valence-corrected chi connectivity index (χ4v) is 3.39. The van der Waals surface area contributed by atoms with Crippen LogP contribution in [0.25, 0.3) is 4.96 Å². The highest BCUT2D eigenvalue weighted by Crippen LogP contribution is 2.21. The van der Waals surface area contributed by atoms with E-state index in [0.29, 0.717) is 11.5 Å². The number of rotatable bonds is 5. The van der Waals surface area contributed by atoms with E-state index in [-0.39, 0.29) is 17.9 Å². The molecule has 0 spiro atoms. The summed E-state index contributed by atoms with van der Waals surface area (Å²) in [7, 11) is 0. The predicted molar refractivity (Wildman–Crippen MR) is 77.5 cm³/mol. The van der Waals surface area contributed by atoms with E-state index in [9.17, 15) is 9.59 Å². The van der Waals surface area contributed by atoms with Gasteiger partial charge in [-0.2, -0.15) is 9.61 Å². The van der Waals surface area contributed by atoms with E-state index in [0.717, 1.165) is 30.2 Å². The number of likely N-dealkylation sites (tertiary alicyclic amines) is 1. The third-order valence-electron chi connectivity index (χ3n) is 3.52. The highest BCUT2D eigenvalue weighted by atomic mass is 32.1. The third kappa shape index (κ3) is 2.96. The lowest BCUT2D eigenvalue weighted by Gasteiger charge is -2.38. The summed E-state index contributed by atoms with van der Waals surface area (Å²) in [6, 6.07) is 1.51. The Hall–Kier alpha value is -1.80. The Morgan fingerprint density at radius 2 is 2.29 bits per heavy atom. The van der Waals surface area contributed by atoms with E-state index in [1.54, 1.807) is 0 Å². The van der Waals surface area contributed by atoms with Gasteiger partial charge in [0.1, 0.15) is 5.01 Å². The molecule has 0 aromatic carbocycles. The quantitative estimate of drug-likeness (QED) is 0.871. The molecule has 7 nitrogen and oxygen atoms in total. The molecule has 0 amide bonds. The molecule has 3 rings (SSSR count). The molecule has 112 valence electrons. The molecule has 0 radical (unpaired) electrons. The van der Waals surface area contributed by atoms with Gasteiger partial charge in [-0.25, -0.2) is 4.98 Å². The number of carbonyl (C=O) groups is 1. The molecule has 1 N–H and O–H groups in total. The van der Waals surface area contributed by atoms with Crippen LogP contribution >= 0.6 is 11.3 Å². The van der Waals surface area contributed by atoms with Gasteiger partial charge in [-0.05, 0) is 12.3 Å². The molecule has 1 saturated heterocycles. The maximum atomic E-state index is 12.0. The van der Waals surface area contributed by atoms with Crippen molar-refractivity contribution in [3.8, 4) is 0 Å². The summed E-state index contributed by atoms with van der Waals surface area (Å²) in [5, 5.41) is 13.8. The van der Waals surface area contributed by atoms with Crippen LogP contribution in [0.2, 0.25) is 0 Å². The first-order valence-electron chi connectivity index (χ1n) is 6.88. The van der Waals surface area contributed by atoms with Crippen LogP contribution in [-0.4, -0.2) is 43.7 Å². The average Bonchev–Trinajstić information content (AvgIpc) is 2.79. The largest absolute Gasteiger partial charge is 0.481 e. The number of nitrogens with zero attached hydrogens (tertiary/aromatic N) is 4. The molecule has 0 saturated carbocycles. The molecule has 0 aliphatic carbocycles. The molecule has 3 heterocycles. The fourth-order valence-electron chi connectivity index (χ4n) is 2.53. The number of hydrogen-bond acceptors (Lipinski definition) is 6. The second kappa shape index (κ2) is 5.53. The maximum absolute atomic E-state index is 12.0. The molecule has 21 heavy (non-hydrogen) atoms. The van der Waals surface area contributed by atoms with E-state index in [1.807, 2.05) is 6.92 Å². The first-order valence-corrected chi connectivity index (χ1v) is 7.69. The van der Waals surface area contributed by atoms with Crippen LogP contribution in [0.4, 0.5) is 0 Å². The molecular formula is C13H16N4O3S. The molecule has 2 aromatic heterocycles. The zero-order chi connectivity index (χ0) is 15.0. The van der Waals surface area contributed by atoms with Gasteiger partial charge in [0.05, 0.1) is 12.1 Å². The Labute approximate surface area is 124 Å². The van der Waals surface area contributed by atoms with Crippen molar-refractivity contribution in [3.63, 3.8) is 0 Å². The van der Waals surface area contributed by atoms with E-state index >= 15 is 0 Å². The Balaban J connectivity index is 1.71. The number of fused-ring (bicyclic) bond motifs is 1. The minimum Gasteiger partial charge on any atom is -0.481 e. The van der Waals surface area contributed by atoms with Crippen LogP contribution in [0.15, 0.2) is 10.9 Å². The van der Waals surface area contributed by atoms with Crippen LogP contribution in [0.1, 0.15) is 24.0 Å². The fraction of sp³-hybridized carbons (Fsp3) is 0.538. The van der Waals surface area contributed by atoms with Crippen LogP contribution < -0.4 is 5.56 Å². The van der Waals surface area contributed by atoms with Crippen molar-refractivity contribution >= 4 is 22.3 Å². The third-order valence-corrected chi connectivity index (χ3v) is 4.58. The van der Waals surface area contributed by atoms with Crippen molar-refractivity contribution in [2.45, 2.75) is 26.3 Å². The lowest BCUT2D eigenvalue weighted by Crippen LogP contribution is -2.46. The van der Waals surface area contributed by atoms with Gasteiger partial charge in [0, 0.05) is 25.7 Å². The van der Waals surface area contributed by atoms with Gasteiger partial charge in [-0.1, -0.05) is 18.3 Å². The number of carboxylic acid groups (broad SMARTS) is 1. The zero-order valence-corrected chi connectivity index (χ0v) is 12.5. The average molecular weight is 308 g/mol. The maximum Gasteiger partial charge on any atom is 0.303 e. The minimum absolute atomic E-state index is 0.159. The highest BCUT2D eigenvalue weighted by molar-refractivity contribution is 7.16. The summed E-state index contributed by atoms with van der Waals surface area (Å²) in [5.74, 6) is -0.545. The van der Waals surface area contributed by atoms with Crippen LogP contribution in [0.3, 0.4) is 0 Å². The number of hydrogen-bond donors (Lipinski definition) is 1.